The van der Waals surface area contributed by atoms with Crippen LogP contribution in [0.15, 0.2) is 10.7 Å². The predicted molar refractivity (Wildman–Crippen MR) is 48.3 cm³/mol. The van der Waals surface area contributed by atoms with Gasteiger partial charge >= 0.3 is 0 Å². The highest BCUT2D eigenvalue weighted by atomic mass is 16.3. The van der Waals surface area contributed by atoms with Crippen LogP contribution >= 0.6 is 0 Å². The summed E-state index contributed by atoms with van der Waals surface area (Å²) < 4.78 is 5.34. The number of hydrogen-bond acceptors (Lipinski definition) is 3. The van der Waals surface area contributed by atoms with Crippen LogP contribution in [-0.2, 0) is 0 Å². The zero-order valence-corrected chi connectivity index (χ0v) is 7.86. The van der Waals surface area contributed by atoms with Gasteiger partial charge in [-0.1, -0.05) is 12.8 Å². The molecule has 1 aliphatic carbocycles. The molecule has 72 valence electrons. The Bertz CT molecular complexity index is 274. The van der Waals surface area contributed by atoms with E-state index in [1.807, 2.05) is 0 Å². The minimum absolute atomic E-state index is 0.493. The molecule has 0 spiro atoms. The number of rotatable bonds is 2. The molecular formula is C10H15NO2. The van der Waals surface area contributed by atoms with Crippen LogP contribution in [0.25, 0.3) is 0 Å². The summed E-state index contributed by atoms with van der Waals surface area (Å²) in [6.07, 6.45) is 5.96. The molecule has 1 saturated carbocycles. The van der Waals surface area contributed by atoms with Crippen molar-refractivity contribution in [3.8, 4) is 0 Å². The van der Waals surface area contributed by atoms with E-state index in [0.29, 0.717) is 11.6 Å². The molecular weight excluding hydrogens is 166 g/mol. The van der Waals surface area contributed by atoms with E-state index >= 15 is 0 Å². The lowest BCUT2D eigenvalue weighted by Gasteiger charge is -2.01. The fourth-order valence-electron chi connectivity index (χ4n) is 1.85. The maximum atomic E-state index is 9.26. The van der Waals surface area contributed by atoms with Crippen molar-refractivity contribution < 1.29 is 9.52 Å². The van der Waals surface area contributed by atoms with Gasteiger partial charge in [0.25, 0.3) is 0 Å². The maximum Gasteiger partial charge on any atom is 0.197 e. The summed E-state index contributed by atoms with van der Waals surface area (Å²) in [5.41, 5.74) is 0.655. The Balaban J connectivity index is 2.12. The summed E-state index contributed by atoms with van der Waals surface area (Å²) in [5, 5.41) is 9.26. The molecule has 0 saturated heterocycles. The number of aliphatic hydroxyl groups excluding tert-OH is 1. The van der Waals surface area contributed by atoms with Crippen LogP contribution in [0.2, 0.25) is 0 Å². The first-order valence-corrected chi connectivity index (χ1v) is 4.91. The minimum Gasteiger partial charge on any atom is -0.448 e. The molecule has 1 aromatic heterocycles. The van der Waals surface area contributed by atoms with Crippen molar-refractivity contribution in [3.05, 3.63) is 17.8 Å². The summed E-state index contributed by atoms with van der Waals surface area (Å²) in [5.74, 6) is 1.31. The van der Waals surface area contributed by atoms with Gasteiger partial charge in [-0.2, -0.15) is 0 Å². The van der Waals surface area contributed by atoms with Gasteiger partial charge in [-0.05, 0) is 19.8 Å². The molecule has 1 aromatic rings. The Kier molecular flexibility index (Phi) is 2.36. The average molecular weight is 181 g/mol. The highest BCUT2D eigenvalue weighted by molar-refractivity contribution is 5.04. The summed E-state index contributed by atoms with van der Waals surface area (Å²) in [6, 6.07) is 0. The molecule has 0 bridgehead atoms. The molecule has 1 aliphatic rings. The molecule has 1 atom stereocenters. The lowest BCUT2D eigenvalue weighted by atomic mass is 10.1. The van der Waals surface area contributed by atoms with Gasteiger partial charge < -0.3 is 9.52 Å². The molecule has 3 heteroatoms. The molecule has 0 aliphatic heterocycles. The second-order valence-electron chi connectivity index (χ2n) is 3.77. The van der Waals surface area contributed by atoms with E-state index in [-0.39, 0.29) is 0 Å². The van der Waals surface area contributed by atoms with Crippen molar-refractivity contribution in [2.75, 3.05) is 0 Å². The summed E-state index contributed by atoms with van der Waals surface area (Å²) in [6.45, 7) is 1.70. The predicted octanol–water partition coefficient (Wildman–Crippen LogP) is 2.39. The number of oxazole rings is 1. The summed E-state index contributed by atoms with van der Waals surface area (Å²) in [4.78, 5) is 4.28. The number of aromatic nitrogens is 1. The van der Waals surface area contributed by atoms with E-state index < -0.39 is 6.10 Å². The van der Waals surface area contributed by atoms with E-state index in [2.05, 4.69) is 4.98 Å². The molecule has 13 heavy (non-hydrogen) atoms. The lowest BCUT2D eigenvalue weighted by Crippen LogP contribution is -1.95. The molecule has 0 radical (unpaired) electrons. The van der Waals surface area contributed by atoms with E-state index in [9.17, 15) is 5.11 Å². The van der Waals surface area contributed by atoms with Gasteiger partial charge in [0.2, 0.25) is 0 Å². The van der Waals surface area contributed by atoms with Crippen LogP contribution in [0.5, 0.6) is 0 Å². The molecule has 0 amide bonds. The van der Waals surface area contributed by atoms with Crippen molar-refractivity contribution in [2.24, 2.45) is 0 Å². The average Bonchev–Trinajstić information content (AvgIpc) is 2.75. The van der Waals surface area contributed by atoms with Crippen LogP contribution in [-0.4, -0.2) is 10.1 Å². The largest absolute Gasteiger partial charge is 0.448 e. The number of nitrogens with zero attached hydrogens (tertiary/aromatic N) is 1. The molecule has 0 aromatic carbocycles. The third kappa shape index (κ3) is 1.75. The van der Waals surface area contributed by atoms with Gasteiger partial charge in [0.1, 0.15) is 12.0 Å². The van der Waals surface area contributed by atoms with Crippen LogP contribution in [0.3, 0.4) is 0 Å². The second-order valence-corrected chi connectivity index (χ2v) is 3.77. The first-order chi connectivity index (χ1) is 6.27. The highest BCUT2D eigenvalue weighted by Gasteiger charge is 2.22. The van der Waals surface area contributed by atoms with Crippen LogP contribution < -0.4 is 0 Å². The normalized spacial score (nSPS) is 20.8. The molecule has 1 fully saturated rings. The summed E-state index contributed by atoms with van der Waals surface area (Å²) in [7, 11) is 0. The smallest absolute Gasteiger partial charge is 0.197 e. The zero-order chi connectivity index (χ0) is 9.26. The Morgan fingerprint density at radius 1 is 1.54 bits per heavy atom. The number of aliphatic hydroxyl groups is 1. The maximum absolute atomic E-state index is 9.26. The van der Waals surface area contributed by atoms with Gasteiger partial charge in [0.05, 0.1) is 6.10 Å². The van der Waals surface area contributed by atoms with Gasteiger partial charge in [-0.25, -0.2) is 4.98 Å². The van der Waals surface area contributed by atoms with Crippen molar-refractivity contribution in [3.63, 3.8) is 0 Å². The molecule has 1 heterocycles. The van der Waals surface area contributed by atoms with Gasteiger partial charge in [0, 0.05) is 5.92 Å². The number of hydrogen-bond donors (Lipinski definition) is 1. The van der Waals surface area contributed by atoms with Crippen LogP contribution in [0.4, 0.5) is 0 Å². The highest BCUT2D eigenvalue weighted by Crippen LogP contribution is 2.33. The molecule has 2 rings (SSSR count). The Morgan fingerprint density at radius 3 is 2.77 bits per heavy atom. The Hall–Kier alpha value is -0.830. The first-order valence-electron chi connectivity index (χ1n) is 4.91. The van der Waals surface area contributed by atoms with Crippen molar-refractivity contribution in [1.29, 1.82) is 0 Å². The lowest BCUT2D eigenvalue weighted by molar-refractivity contribution is 0.194. The fourth-order valence-corrected chi connectivity index (χ4v) is 1.85. The SMILES string of the molecule is CC(O)c1coc(C2CCCC2)n1. The standard InChI is InChI=1S/C10H15NO2/c1-7(12)9-6-13-10(11-9)8-4-2-3-5-8/h6-8,12H,2-5H2,1H3. The van der Waals surface area contributed by atoms with Crippen LogP contribution in [0, 0.1) is 0 Å². The van der Waals surface area contributed by atoms with Crippen molar-refractivity contribution in [2.45, 2.75) is 44.6 Å². The molecule has 3 nitrogen and oxygen atoms in total. The van der Waals surface area contributed by atoms with E-state index in [0.717, 1.165) is 5.89 Å². The monoisotopic (exact) mass is 181 g/mol. The Labute approximate surface area is 77.8 Å². The fraction of sp³-hybridized carbons (Fsp3) is 0.700. The quantitative estimate of drug-likeness (QED) is 0.762. The van der Waals surface area contributed by atoms with Gasteiger partial charge in [-0.3, -0.25) is 0 Å². The second kappa shape index (κ2) is 3.50. The van der Waals surface area contributed by atoms with E-state index in [1.54, 1.807) is 13.2 Å². The van der Waals surface area contributed by atoms with E-state index in [1.165, 1.54) is 25.7 Å². The van der Waals surface area contributed by atoms with Crippen molar-refractivity contribution >= 4 is 0 Å². The van der Waals surface area contributed by atoms with Gasteiger partial charge in [-0.15, -0.1) is 0 Å². The molecule has 1 N–H and O–H groups in total. The topological polar surface area (TPSA) is 46.3 Å². The zero-order valence-electron chi connectivity index (χ0n) is 7.86. The van der Waals surface area contributed by atoms with Gasteiger partial charge in [0.15, 0.2) is 5.89 Å². The van der Waals surface area contributed by atoms with Crippen molar-refractivity contribution in [1.82, 2.24) is 4.98 Å². The van der Waals surface area contributed by atoms with Crippen LogP contribution in [0.1, 0.15) is 56.2 Å². The minimum atomic E-state index is -0.515. The molecule has 1 unspecified atom stereocenters. The Morgan fingerprint density at radius 2 is 2.23 bits per heavy atom. The first kappa shape index (κ1) is 8.75. The summed E-state index contributed by atoms with van der Waals surface area (Å²) >= 11 is 0. The third-order valence-electron chi connectivity index (χ3n) is 2.67. The van der Waals surface area contributed by atoms with E-state index in [4.69, 9.17) is 4.42 Å². The third-order valence-corrected chi connectivity index (χ3v) is 2.67.